The van der Waals surface area contributed by atoms with E-state index in [1.165, 1.54) is 0 Å². The highest BCUT2D eigenvalue weighted by Crippen LogP contribution is 2.24. The Kier molecular flexibility index (Phi) is 5.97. The number of carbonyl (C=O) groups excluding carboxylic acids is 3. The van der Waals surface area contributed by atoms with E-state index in [0.29, 0.717) is 17.8 Å². The van der Waals surface area contributed by atoms with Gasteiger partial charge in [-0.3, -0.25) is 9.69 Å². The van der Waals surface area contributed by atoms with Gasteiger partial charge in [0.25, 0.3) is 0 Å². The number of nitrogens with zero attached hydrogens (tertiary/aromatic N) is 1. The zero-order valence-electron chi connectivity index (χ0n) is 13.4. The van der Waals surface area contributed by atoms with Crippen LogP contribution in [-0.4, -0.2) is 55.1 Å². The first-order valence-corrected chi connectivity index (χ1v) is 7.97. The predicted molar refractivity (Wildman–Crippen MR) is 83.2 cm³/mol. The number of nitrogens with one attached hydrogen (secondary N) is 2. The number of primary amides is 1. The van der Waals surface area contributed by atoms with Gasteiger partial charge >= 0.3 is 12.0 Å². The van der Waals surface area contributed by atoms with Gasteiger partial charge in [-0.25, -0.2) is 9.59 Å². The molecule has 128 valence electrons. The van der Waals surface area contributed by atoms with Crippen LogP contribution in [0.25, 0.3) is 0 Å². The molecule has 2 aliphatic rings. The van der Waals surface area contributed by atoms with Crippen molar-refractivity contribution in [2.45, 2.75) is 38.6 Å². The standard InChI is InChI=1S/C15H24N4O4/c1-2-23-14(21)11-7-17-15(22)18-12(11)8-19(9-13(16)20)10-5-3-4-6-10/h10H,2-9H2,1H3,(H2,16,20)(H2,17,18,22). The average molecular weight is 324 g/mol. The fraction of sp³-hybridized carbons (Fsp3) is 0.667. The molecule has 0 saturated heterocycles. The molecule has 0 unspecified atom stereocenters. The second-order valence-corrected chi connectivity index (χ2v) is 5.79. The summed E-state index contributed by atoms with van der Waals surface area (Å²) in [6, 6.07) is -0.122. The zero-order valence-corrected chi connectivity index (χ0v) is 13.4. The van der Waals surface area contributed by atoms with Crippen molar-refractivity contribution in [2.24, 2.45) is 5.73 Å². The van der Waals surface area contributed by atoms with Crippen LogP contribution in [-0.2, 0) is 14.3 Å². The summed E-state index contributed by atoms with van der Waals surface area (Å²) in [6.07, 6.45) is 4.19. The predicted octanol–water partition coefficient (Wildman–Crippen LogP) is -0.154. The minimum atomic E-state index is -0.458. The maximum absolute atomic E-state index is 12.1. The van der Waals surface area contributed by atoms with Gasteiger partial charge in [-0.15, -0.1) is 0 Å². The third-order valence-corrected chi connectivity index (χ3v) is 4.14. The van der Waals surface area contributed by atoms with Gasteiger partial charge in [-0.05, 0) is 19.8 Å². The minimum absolute atomic E-state index is 0.105. The van der Waals surface area contributed by atoms with Gasteiger partial charge < -0.3 is 21.1 Å². The highest BCUT2D eigenvalue weighted by Gasteiger charge is 2.29. The molecule has 0 aromatic heterocycles. The molecule has 0 atom stereocenters. The van der Waals surface area contributed by atoms with Crippen LogP contribution >= 0.6 is 0 Å². The fourth-order valence-electron chi connectivity index (χ4n) is 3.07. The second kappa shape index (κ2) is 7.96. The van der Waals surface area contributed by atoms with Crippen LogP contribution in [0.5, 0.6) is 0 Å². The molecule has 23 heavy (non-hydrogen) atoms. The number of hydrogen-bond acceptors (Lipinski definition) is 5. The van der Waals surface area contributed by atoms with E-state index in [-0.39, 0.29) is 31.8 Å². The van der Waals surface area contributed by atoms with Crippen LogP contribution in [0.15, 0.2) is 11.3 Å². The van der Waals surface area contributed by atoms with Crippen molar-refractivity contribution < 1.29 is 19.1 Å². The molecule has 1 aliphatic carbocycles. The summed E-state index contributed by atoms with van der Waals surface area (Å²) in [5.41, 5.74) is 6.22. The lowest BCUT2D eigenvalue weighted by Crippen LogP contribution is -2.49. The van der Waals surface area contributed by atoms with E-state index in [2.05, 4.69) is 10.6 Å². The maximum atomic E-state index is 12.1. The number of nitrogens with two attached hydrogens (primary N) is 1. The molecule has 0 spiro atoms. The summed E-state index contributed by atoms with van der Waals surface area (Å²) < 4.78 is 5.04. The summed E-state index contributed by atoms with van der Waals surface area (Å²) in [4.78, 5) is 37.0. The van der Waals surface area contributed by atoms with Crippen LogP contribution in [0.3, 0.4) is 0 Å². The van der Waals surface area contributed by atoms with Crippen LogP contribution in [0.4, 0.5) is 4.79 Å². The van der Waals surface area contributed by atoms with Crippen LogP contribution in [0, 0.1) is 0 Å². The van der Waals surface area contributed by atoms with Crippen molar-refractivity contribution >= 4 is 17.9 Å². The zero-order chi connectivity index (χ0) is 16.8. The summed E-state index contributed by atoms with van der Waals surface area (Å²) >= 11 is 0. The highest BCUT2D eigenvalue weighted by molar-refractivity contribution is 5.93. The molecule has 1 fully saturated rings. The quantitative estimate of drug-likeness (QED) is 0.563. The highest BCUT2D eigenvalue weighted by atomic mass is 16.5. The van der Waals surface area contributed by atoms with E-state index in [4.69, 9.17) is 10.5 Å². The average Bonchev–Trinajstić information content (AvgIpc) is 3.00. The van der Waals surface area contributed by atoms with Gasteiger partial charge in [0, 0.05) is 18.3 Å². The van der Waals surface area contributed by atoms with Gasteiger partial charge in [-0.1, -0.05) is 12.8 Å². The van der Waals surface area contributed by atoms with Crippen molar-refractivity contribution in [3.8, 4) is 0 Å². The number of carbonyl (C=O) groups is 3. The Morgan fingerprint density at radius 3 is 2.65 bits per heavy atom. The van der Waals surface area contributed by atoms with Crippen LogP contribution in [0.2, 0.25) is 0 Å². The fourth-order valence-corrected chi connectivity index (χ4v) is 3.07. The number of urea groups is 1. The van der Waals surface area contributed by atoms with Crippen LogP contribution < -0.4 is 16.4 Å². The molecule has 0 bridgehead atoms. The summed E-state index contributed by atoms with van der Waals surface area (Å²) in [7, 11) is 0. The smallest absolute Gasteiger partial charge is 0.337 e. The minimum Gasteiger partial charge on any atom is -0.463 e. The Morgan fingerprint density at radius 1 is 1.35 bits per heavy atom. The van der Waals surface area contributed by atoms with Gasteiger partial charge in [0.05, 0.1) is 25.3 Å². The largest absolute Gasteiger partial charge is 0.463 e. The van der Waals surface area contributed by atoms with Gasteiger partial charge in [0.15, 0.2) is 0 Å². The topological polar surface area (TPSA) is 114 Å². The molecule has 0 aromatic carbocycles. The van der Waals surface area contributed by atoms with Gasteiger partial charge in [-0.2, -0.15) is 0 Å². The van der Waals surface area contributed by atoms with E-state index in [9.17, 15) is 14.4 Å². The van der Waals surface area contributed by atoms with Gasteiger partial charge in [0.2, 0.25) is 5.91 Å². The Labute approximate surface area is 135 Å². The lowest BCUT2D eigenvalue weighted by molar-refractivity contribution is -0.138. The monoisotopic (exact) mass is 324 g/mol. The van der Waals surface area contributed by atoms with E-state index >= 15 is 0 Å². The molecular weight excluding hydrogens is 300 g/mol. The number of esters is 1. The Bertz CT molecular complexity index is 512. The molecule has 1 saturated carbocycles. The molecule has 4 N–H and O–H groups in total. The summed E-state index contributed by atoms with van der Waals surface area (Å²) in [5, 5.41) is 5.23. The first-order chi connectivity index (χ1) is 11.0. The first kappa shape index (κ1) is 17.3. The van der Waals surface area contributed by atoms with Crippen molar-refractivity contribution in [2.75, 3.05) is 26.2 Å². The Hall–Kier alpha value is -2.09. The van der Waals surface area contributed by atoms with E-state index < -0.39 is 11.9 Å². The van der Waals surface area contributed by atoms with Gasteiger partial charge in [0.1, 0.15) is 0 Å². The summed E-state index contributed by atoms with van der Waals surface area (Å²) in [6.45, 7) is 2.51. The molecule has 1 aliphatic heterocycles. The number of rotatable bonds is 7. The molecule has 2 rings (SSSR count). The molecule has 3 amide bonds. The number of hydrogen-bond donors (Lipinski definition) is 3. The SMILES string of the molecule is CCOC(=O)C1=C(CN(CC(N)=O)C2CCCC2)NC(=O)NC1. The van der Waals surface area contributed by atoms with Crippen molar-refractivity contribution in [3.63, 3.8) is 0 Å². The number of amides is 3. The van der Waals surface area contributed by atoms with E-state index in [0.717, 1.165) is 25.7 Å². The number of ether oxygens (including phenoxy) is 1. The Morgan fingerprint density at radius 2 is 2.04 bits per heavy atom. The Balaban J connectivity index is 2.19. The molecule has 0 radical (unpaired) electrons. The first-order valence-electron chi connectivity index (χ1n) is 7.97. The molecule has 1 heterocycles. The van der Waals surface area contributed by atoms with E-state index in [1.807, 2.05) is 4.90 Å². The molecule has 8 nitrogen and oxygen atoms in total. The second-order valence-electron chi connectivity index (χ2n) is 5.79. The maximum Gasteiger partial charge on any atom is 0.337 e. The van der Waals surface area contributed by atoms with Crippen molar-refractivity contribution in [3.05, 3.63) is 11.3 Å². The van der Waals surface area contributed by atoms with E-state index in [1.54, 1.807) is 6.92 Å². The molecular formula is C15H24N4O4. The third-order valence-electron chi connectivity index (χ3n) is 4.14. The summed E-state index contributed by atoms with van der Waals surface area (Å²) in [5.74, 6) is -0.879. The normalized spacial score (nSPS) is 18.8. The molecule has 0 aromatic rings. The van der Waals surface area contributed by atoms with Crippen LogP contribution in [0.1, 0.15) is 32.6 Å². The molecule has 8 heteroatoms. The third kappa shape index (κ3) is 4.69. The lowest BCUT2D eigenvalue weighted by atomic mass is 10.1. The van der Waals surface area contributed by atoms with Crippen molar-refractivity contribution in [1.29, 1.82) is 0 Å². The van der Waals surface area contributed by atoms with Crippen molar-refractivity contribution in [1.82, 2.24) is 15.5 Å². The lowest BCUT2D eigenvalue weighted by Gasteiger charge is -2.31.